The van der Waals surface area contributed by atoms with Gasteiger partial charge in [0.05, 0.1) is 13.6 Å². The summed E-state index contributed by atoms with van der Waals surface area (Å²) in [4.78, 5) is 11.8. The van der Waals surface area contributed by atoms with E-state index in [4.69, 9.17) is 0 Å². The van der Waals surface area contributed by atoms with Gasteiger partial charge in [-0.05, 0) is 13.0 Å². The maximum atomic E-state index is 12.4. The number of nitrogens with one attached hydrogen (secondary N) is 2. The van der Waals surface area contributed by atoms with Crippen LogP contribution in [0, 0.1) is 5.21 Å². The first kappa shape index (κ1) is 12.6. The van der Waals surface area contributed by atoms with Crippen molar-refractivity contribution < 1.29 is 9.44 Å². The van der Waals surface area contributed by atoms with Gasteiger partial charge in [0.1, 0.15) is 5.70 Å². The van der Waals surface area contributed by atoms with E-state index in [2.05, 4.69) is 10.6 Å². The number of hydroxylamine groups is 3. The van der Waals surface area contributed by atoms with Crippen LogP contribution in [0.1, 0.15) is 12.5 Å². The predicted octanol–water partition coefficient (Wildman–Crippen LogP) is 2.13. The largest absolute Gasteiger partial charge is 0.619 e. The van der Waals surface area contributed by atoms with Gasteiger partial charge in [-0.25, -0.2) is 9.44 Å². The fraction of sp³-hybridized carbons (Fsp3) is 0.308. The summed E-state index contributed by atoms with van der Waals surface area (Å²) in [6.45, 7) is 2.63. The van der Waals surface area contributed by atoms with Crippen LogP contribution < -0.4 is 10.6 Å². The van der Waals surface area contributed by atoms with E-state index in [9.17, 15) is 10.0 Å². The number of hydrogen-bond donors (Lipinski definition) is 2. The van der Waals surface area contributed by atoms with Gasteiger partial charge in [-0.2, -0.15) is 0 Å². The van der Waals surface area contributed by atoms with Crippen LogP contribution in [0.5, 0.6) is 0 Å². The molecule has 1 unspecified atom stereocenters. The number of benzene rings is 1. The van der Waals surface area contributed by atoms with Crippen LogP contribution in [0.2, 0.25) is 0 Å². The predicted molar refractivity (Wildman–Crippen MR) is 71.5 cm³/mol. The maximum absolute atomic E-state index is 12.4. The molecule has 2 rings (SSSR count). The second-order valence-electron chi connectivity index (χ2n) is 4.34. The Morgan fingerprint density at radius 3 is 2.94 bits per heavy atom. The molecule has 0 bridgehead atoms. The van der Waals surface area contributed by atoms with Gasteiger partial charge < -0.3 is 15.8 Å². The first-order valence-electron chi connectivity index (χ1n) is 5.95. The number of quaternary nitrogens is 1. The molecule has 0 saturated heterocycles. The number of rotatable bonds is 2. The molecule has 5 heteroatoms. The molecular weight excluding hydrogens is 230 g/mol. The lowest BCUT2D eigenvalue weighted by Gasteiger charge is -2.38. The second-order valence-corrected chi connectivity index (χ2v) is 4.34. The van der Waals surface area contributed by atoms with Gasteiger partial charge in [0, 0.05) is 23.9 Å². The average Bonchev–Trinajstić information content (AvgIpc) is 2.38. The third-order valence-corrected chi connectivity index (χ3v) is 3.01. The molecule has 0 saturated carbocycles. The number of nitrogens with zero attached hydrogens (tertiary/aromatic N) is 1. The van der Waals surface area contributed by atoms with Crippen molar-refractivity contribution in [2.75, 3.05) is 25.5 Å². The Morgan fingerprint density at radius 2 is 2.22 bits per heavy atom. The fourth-order valence-corrected chi connectivity index (χ4v) is 1.91. The Morgan fingerprint density at radius 1 is 1.50 bits per heavy atom. The van der Waals surface area contributed by atoms with Crippen molar-refractivity contribution in [3.63, 3.8) is 0 Å². The van der Waals surface area contributed by atoms with E-state index in [-0.39, 0.29) is 0 Å². The number of fused-ring (bicyclic) bond motifs is 1. The van der Waals surface area contributed by atoms with Crippen LogP contribution in [0.15, 0.2) is 30.0 Å². The summed E-state index contributed by atoms with van der Waals surface area (Å²) in [7, 11) is 1.35. The van der Waals surface area contributed by atoms with Crippen molar-refractivity contribution in [2.24, 2.45) is 0 Å². The number of carbonyl (C=O) groups excluding carboxylic acids is 1. The van der Waals surface area contributed by atoms with Crippen LogP contribution in [0.25, 0.3) is 6.08 Å². The van der Waals surface area contributed by atoms with Crippen LogP contribution >= 0.6 is 0 Å². The lowest BCUT2D eigenvalue weighted by atomic mass is 10.1. The Bertz CT molecular complexity index is 495. The minimum Gasteiger partial charge on any atom is -0.619 e. The van der Waals surface area contributed by atoms with E-state index in [0.717, 1.165) is 11.3 Å². The summed E-state index contributed by atoms with van der Waals surface area (Å²) in [6.07, 6.45) is 1.79. The average molecular weight is 247 g/mol. The van der Waals surface area contributed by atoms with Gasteiger partial charge in [0.2, 0.25) is 0 Å². The molecular formula is C13H17N3O2. The van der Waals surface area contributed by atoms with Crippen LogP contribution in [-0.2, 0) is 0 Å². The first-order chi connectivity index (χ1) is 8.55. The summed E-state index contributed by atoms with van der Waals surface area (Å²) in [5.41, 5.74) is 2.42. The Labute approximate surface area is 106 Å². The Hall–Kier alpha value is -1.85. The molecule has 0 aromatic heterocycles. The number of hydrogen-bond acceptors (Lipinski definition) is 3. The van der Waals surface area contributed by atoms with E-state index in [1.807, 2.05) is 24.3 Å². The van der Waals surface area contributed by atoms with E-state index in [0.29, 0.717) is 18.8 Å². The SMILES string of the molecule is CCNC(=O)[N+](C)([O-])C1=Cc2ccccc2NC1. The lowest BCUT2D eigenvalue weighted by Crippen LogP contribution is -2.50. The minimum atomic E-state index is -1.02. The molecule has 1 aromatic carbocycles. The Kier molecular flexibility index (Phi) is 3.36. The van der Waals surface area contributed by atoms with Gasteiger partial charge in [-0.3, -0.25) is 0 Å². The molecule has 2 N–H and O–H groups in total. The topological polar surface area (TPSA) is 64.2 Å². The number of urea groups is 1. The van der Waals surface area contributed by atoms with Gasteiger partial charge in [-0.15, -0.1) is 0 Å². The fourth-order valence-electron chi connectivity index (χ4n) is 1.91. The maximum Gasteiger partial charge on any atom is 0.421 e. The minimum absolute atomic E-state index is 0.383. The van der Waals surface area contributed by atoms with Gasteiger partial charge >= 0.3 is 6.03 Å². The first-order valence-corrected chi connectivity index (χ1v) is 5.95. The highest BCUT2D eigenvalue weighted by molar-refractivity contribution is 5.74. The second kappa shape index (κ2) is 4.80. The number of para-hydroxylation sites is 1. The molecule has 2 amide bonds. The number of likely N-dealkylation sites (N-methyl/N-ethyl adjacent to an activating group) is 1. The van der Waals surface area contributed by atoms with Gasteiger partial charge in [0.15, 0.2) is 0 Å². The third-order valence-electron chi connectivity index (χ3n) is 3.01. The molecule has 0 spiro atoms. The zero-order chi connectivity index (χ0) is 13.2. The zero-order valence-corrected chi connectivity index (χ0v) is 10.6. The molecule has 0 aliphatic carbocycles. The molecule has 96 valence electrons. The highest BCUT2D eigenvalue weighted by Gasteiger charge is 2.29. The highest BCUT2D eigenvalue weighted by Crippen LogP contribution is 2.27. The zero-order valence-electron chi connectivity index (χ0n) is 10.6. The van der Waals surface area contributed by atoms with Crippen LogP contribution in [0.4, 0.5) is 10.5 Å². The van der Waals surface area contributed by atoms with Crippen LogP contribution in [-0.4, -0.2) is 30.8 Å². The van der Waals surface area contributed by atoms with Crippen molar-refractivity contribution in [3.05, 3.63) is 40.7 Å². The quantitative estimate of drug-likeness (QED) is 0.621. The normalized spacial score (nSPS) is 16.9. The molecule has 1 aliphatic rings. The molecule has 1 atom stereocenters. The van der Waals surface area contributed by atoms with Crippen molar-refractivity contribution in [3.8, 4) is 0 Å². The monoisotopic (exact) mass is 247 g/mol. The highest BCUT2D eigenvalue weighted by atomic mass is 16.6. The molecule has 0 fully saturated rings. The van der Waals surface area contributed by atoms with E-state index >= 15 is 0 Å². The van der Waals surface area contributed by atoms with Gasteiger partial charge in [0.25, 0.3) is 0 Å². The van der Waals surface area contributed by atoms with E-state index in [1.54, 1.807) is 13.0 Å². The summed E-state index contributed by atoms with van der Waals surface area (Å²) >= 11 is 0. The van der Waals surface area contributed by atoms with E-state index < -0.39 is 10.7 Å². The van der Waals surface area contributed by atoms with Crippen molar-refractivity contribution in [2.45, 2.75) is 6.92 Å². The van der Waals surface area contributed by atoms with Gasteiger partial charge in [-0.1, -0.05) is 18.2 Å². The summed E-state index contributed by atoms with van der Waals surface area (Å²) < 4.78 is -1.02. The van der Waals surface area contributed by atoms with E-state index in [1.165, 1.54) is 7.05 Å². The molecule has 0 radical (unpaired) electrons. The molecule has 18 heavy (non-hydrogen) atoms. The molecule has 1 aliphatic heterocycles. The van der Waals surface area contributed by atoms with Crippen molar-refractivity contribution >= 4 is 17.8 Å². The summed E-state index contributed by atoms with van der Waals surface area (Å²) in [5.74, 6) is 0. The van der Waals surface area contributed by atoms with Crippen molar-refractivity contribution in [1.82, 2.24) is 5.32 Å². The lowest BCUT2D eigenvalue weighted by molar-refractivity contribution is -0.734. The van der Waals surface area contributed by atoms with Crippen molar-refractivity contribution in [1.29, 1.82) is 0 Å². The standard InChI is InChI=1S/C13H17N3O2/c1-3-14-13(17)16(2,18)11-8-10-6-4-5-7-12(10)15-9-11/h4-8,15H,3,9H2,1-2H3,(H,14,17). The number of amides is 2. The Balaban J connectivity index is 2.30. The number of anilines is 1. The summed E-state index contributed by atoms with van der Waals surface area (Å²) in [5, 5.41) is 18.1. The van der Waals surface area contributed by atoms with Crippen LogP contribution in [0.3, 0.4) is 0 Å². The number of carbonyl (C=O) groups is 1. The smallest absolute Gasteiger partial charge is 0.421 e. The molecule has 5 nitrogen and oxygen atoms in total. The third kappa shape index (κ3) is 2.23. The molecule has 1 aromatic rings. The molecule has 1 heterocycles. The summed E-state index contributed by atoms with van der Waals surface area (Å²) in [6, 6.07) is 7.16.